The monoisotopic (exact) mass is 421 g/mol. The molecule has 5 heteroatoms. The van der Waals surface area contributed by atoms with Gasteiger partial charge in [0.25, 0.3) is 0 Å². The highest BCUT2D eigenvalue weighted by Gasteiger charge is 2.31. The second-order valence-electron chi connectivity index (χ2n) is 9.10. The molecular formula is C26H35N3O2. The first-order valence-corrected chi connectivity index (χ1v) is 11.8. The van der Waals surface area contributed by atoms with Crippen LogP contribution in [-0.2, 0) is 11.3 Å². The number of ether oxygens (including phenoxy) is 1. The van der Waals surface area contributed by atoms with Gasteiger partial charge >= 0.3 is 0 Å². The van der Waals surface area contributed by atoms with Crippen LogP contribution in [0.1, 0.15) is 62.2 Å². The summed E-state index contributed by atoms with van der Waals surface area (Å²) in [5, 5.41) is 3.38. The van der Waals surface area contributed by atoms with Gasteiger partial charge in [-0.1, -0.05) is 37.1 Å². The number of likely N-dealkylation sites (tertiary alicyclic amines) is 1. The number of aromatic nitrogens is 1. The largest absolute Gasteiger partial charge is 0.496 e. The first-order chi connectivity index (χ1) is 15.2. The molecule has 5 nitrogen and oxygen atoms in total. The van der Waals surface area contributed by atoms with Crippen molar-refractivity contribution in [2.24, 2.45) is 11.8 Å². The smallest absolute Gasteiger partial charge is 0.220 e. The van der Waals surface area contributed by atoms with Crippen molar-refractivity contribution in [1.29, 1.82) is 0 Å². The van der Waals surface area contributed by atoms with Crippen molar-refractivity contribution >= 4 is 5.91 Å². The van der Waals surface area contributed by atoms with E-state index >= 15 is 0 Å². The maximum absolute atomic E-state index is 12.9. The number of methoxy groups -OCH3 is 1. The summed E-state index contributed by atoms with van der Waals surface area (Å²) in [5.74, 6) is 2.03. The number of piperidine rings is 1. The van der Waals surface area contributed by atoms with E-state index in [4.69, 9.17) is 4.74 Å². The third-order valence-electron chi connectivity index (χ3n) is 6.87. The Balaban J connectivity index is 1.45. The summed E-state index contributed by atoms with van der Waals surface area (Å²) >= 11 is 0. The number of carbonyl (C=O) groups is 1. The molecule has 1 aromatic heterocycles. The van der Waals surface area contributed by atoms with Gasteiger partial charge in [-0.2, -0.15) is 0 Å². The van der Waals surface area contributed by atoms with Gasteiger partial charge in [-0.05, 0) is 62.3 Å². The second kappa shape index (κ2) is 10.8. The molecule has 2 fully saturated rings. The highest BCUT2D eigenvalue weighted by Crippen LogP contribution is 2.32. The van der Waals surface area contributed by atoms with Gasteiger partial charge in [0.2, 0.25) is 5.91 Å². The van der Waals surface area contributed by atoms with Crippen LogP contribution in [0.25, 0.3) is 0 Å². The van der Waals surface area contributed by atoms with E-state index in [-0.39, 0.29) is 11.9 Å². The topological polar surface area (TPSA) is 54.5 Å². The zero-order chi connectivity index (χ0) is 21.5. The maximum Gasteiger partial charge on any atom is 0.220 e. The minimum Gasteiger partial charge on any atom is -0.496 e. The Hall–Kier alpha value is -2.40. The molecule has 1 N–H and O–H groups in total. The third-order valence-corrected chi connectivity index (χ3v) is 6.87. The summed E-state index contributed by atoms with van der Waals surface area (Å²) in [4.78, 5) is 20.0. The Morgan fingerprint density at radius 3 is 2.71 bits per heavy atom. The van der Waals surface area contributed by atoms with Gasteiger partial charge in [0.15, 0.2) is 0 Å². The van der Waals surface area contributed by atoms with Gasteiger partial charge in [0.05, 0.1) is 18.8 Å². The highest BCUT2D eigenvalue weighted by molar-refractivity contribution is 5.76. The van der Waals surface area contributed by atoms with Crippen molar-refractivity contribution in [1.82, 2.24) is 15.2 Å². The van der Waals surface area contributed by atoms with Crippen LogP contribution in [0.5, 0.6) is 5.75 Å². The van der Waals surface area contributed by atoms with Crippen LogP contribution in [0, 0.1) is 11.8 Å². The minimum atomic E-state index is -0.0319. The van der Waals surface area contributed by atoms with Crippen molar-refractivity contribution in [3.05, 3.63) is 59.9 Å². The number of nitrogens with one attached hydrogen (secondary N) is 1. The molecule has 2 atom stereocenters. The normalized spacial score (nSPS) is 21.0. The molecule has 0 spiro atoms. The molecule has 2 heterocycles. The molecule has 1 aliphatic carbocycles. The van der Waals surface area contributed by atoms with E-state index < -0.39 is 0 Å². The van der Waals surface area contributed by atoms with Crippen molar-refractivity contribution in [3.63, 3.8) is 0 Å². The standard InChI is InChI=1S/C26H35N3O2/c1-31-24-14-5-4-11-21(24)18-29-16-8-12-22(19-29)26(23-13-6-7-15-27-23)28-25(30)17-20-9-2-3-10-20/h4-7,11,13-15,20,22,26H,2-3,8-10,12,16-19H2,1H3,(H,28,30). The van der Waals surface area contributed by atoms with Gasteiger partial charge < -0.3 is 10.1 Å². The predicted octanol–water partition coefficient (Wildman–Crippen LogP) is 4.74. The number of amides is 1. The summed E-state index contributed by atoms with van der Waals surface area (Å²) in [6, 6.07) is 14.2. The van der Waals surface area contributed by atoms with E-state index in [1.807, 2.05) is 30.5 Å². The third kappa shape index (κ3) is 5.85. The van der Waals surface area contributed by atoms with Gasteiger partial charge in [-0.25, -0.2) is 0 Å². The lowest BCUT2D eigenvalue weighted by Gasteiger charge is -2.37. The summed E-state index contributed by atoms with van der Waals surface area (Å²) in [6.45, 7) is 2.88. The highest BCUT2D eigenvalue weighted by atomic mass is 16.5. The van der Waals surface area contributed by atoms with Crippen LogP contribution in [0.15, 0.2) is 48.7 Å². The molecule has 2 unspecified atom stereocenters. The summed E-state index contributed by atoms with van der Waals surface area (Å²) in [7, 11) is 1.73. The SMILES string of the molecule is COc1ccccc1CN1CCCC(C(NC(=O)CC2CCCC2)c2ccccn2)C1. The van der Waals surface area contributed by atoms with E-state index in [2.05, 4.69) is 33.4 Å². The Labute approximate surface area is 186 Å². The molecule has 166 valence electrons. The van der Waals surface area contributed by atoms with Crippen LogP contribution in [0.3, 0.4) is 0 Å². The Bertz CT molecular complexity index is 836. The van der Waals surface area contributed by atoms with Gasteiger partial charge in [0, 0.05) is 31.3 Å². The second-order valence-corrected chi connectivity index (χ2v) is 9.10. The molecule has 1 amide bonds. The van der Waals surface area contributed by atoms with E-state index in [9.17, 15) is 4.79 Å². The van der Waals surface area contributed by atoms with Crippen LogP contribution in [0.4, 0.5) is 0 Å². The van der Waals surface area contributed by atoms with E-state index in [1.165, 1.54) is 31.2 Å². The summed E-state index contributed by atoms with van der Waals surface area (Å²) < 4.78 is 5.55. The van der Waals surface area contributed by atoms with Gasteiger partial charge in [0.1, 0.15) is 5.75 Å². The molecule has 2 aliphatic rings. The van der Waals surface area contributed by atoms with Crippen LogP contribution in [0.2, 0.25) is 0 Å². The van der Waals surface area contributed by atoms with Crippen molar-refractivity contribution in [2.45, 2.75) is 57.5 Å². The average molecular weight is 422 g/mol. The number of pyridine rings is 1. The number of benzene rings is 1. The quantitative estimate of drug-likeness (QED) is 0.669. The van der Waals surface area contributed by atoms with Crippen LogP contribution in [-0.4, -0.2) is 36.0 Å². The van der Waals surface area contributed by atoms with Crippen molar-refractivity contribution in [3.8, 4) is 5.75 Å². The molecule has 4 rings (SSSR count). The fraction of sp³-hybridized carbons (Fsp3) is 0.538. The zero-order valence-electron chi connectivity index (χ0n) is 18.6. The summed E-state index contributed by atoms with van der Waals surface area (Å²) in [6.07, 6.45) is 9.64. The molecule has 1 saturated carbocycles. The predicted molar refractivity (Wildman–Crippen MR) is 123 cm³/mol. The van der Waals surface area contributed by atoms with Crippen LogP contribution < -0.4 is 10.1 Å². The zero-order valence-corrected chi connectivity index (χ0v) is 18.6. The maximum atomic E-state index is 12.9. The number of para-hydroxylation sites is 1. The van der Waals surface area contributed by atoms with Crippen molar-refractivity contribution < 1.29 is 9.53 Å². The van der Waals surface area contributed by atoms with Gasteiger partial charge in [-0.15, -0.1) is 0 Å². The molecule has 1 aromatic carbocycles. The van der Waals surface area contributed by atoms with Gasteiger partial charge in [-0.3, -0.25) is 14.7 Å². The number of hydrogen-bond donors (Lipinski definition) is 1. The molecule has 1 aliphatic heterocycles. The van der Waals surface area contributed by atoms with Crippen molar-refractivity contribution in [2.75, 3.05) is 20.2 Å². The molecule has 2 aromatic rings. The van der Waals surface area contributed by atoms with Crippen LogP contribution >= 0.6 is 0 Å². The lowest BCUT2D eigenvalue weighted by atomic mass is 9.87. The minimum absolute atomic E-state index is 0.0319. The number of carbonyl (C=O) groups excluding carboxylic acids is 1. The number of nitrogens with zero attached hydrogens (tertiary/aromatic N) is 2. The number of hydrogen-bond acceptors (Lipinski definition) is 4. The summed E-state index contributed by atoms with van der Waals surface area (Å²) in [5.41, 5.74) is 2.19. The fourth-order valence-corrected chi connectivity index (χ4v) is 5.28. The Morgan fingerprint density at radius 1 is 1.13 bits per heavy atom. The molecule has 0 radical (unpaired) electrons. The molecule has 31 heavy (non-hydrogen) atoms. The first kappa shape index (κ1) is 21.8. The lowest BCUT2D eigenvalue weighted by Crippen LogP contribution is -2.43. The Kier molecular flexibility index (Phi) is 7.57. The van der Waals surface area contributed by atoms with E-state index in [0.29, 0.717) is 18.3 Å². The van der Waals surface area contributed by atoms with E-state index in [0.717, 1.165) is 43.9 Å². The molecular weight excluding hydrogens is 386 g/mol. The molecule has 0 bridgehead atoms. The Morgan fingerprint density at radius 2 is 1.94 bits per heavy atom. The molecule has 1 saturated heterocycles. The average Bonchev–Trinajstić information content (AvgIpc) is 3.31. The van der Waals surface area contributed by atoms with E-state index in [1.54, 1.807) is 7.11 Å². The first-order valence-electron chi connectivity index (χ1n) is 11.8. The number of rotatable bonds is 8. The fourth-order valence-electron chi connectivity index (χ4n) is 5.28. The lowest BCUT2D eigenvalue weighted by molar-refractivity contribution is -0.123.